The monoisotopic (exact) mass is 305 g/mol. The zero-order valence-corrected chi connectivity index (χ0v) is 12.3. The van der Waals surface area contributed by atoms with Crippen molar-refractivity contribution in [2.45, 2.75) is 32.0 Å². The summed E-state index contributed by atoms with van der Waals surface area (Å²) < 4.78 is 13.4. The summed E-state index contributed by atoms with van der Waals surface area (Å²) in [7, 11) is 0. The second kappa shape index (κ2) is 6.14. The van der Waals surface area contributed by atoms with Crippen LogP contribution >= 0.6 is 11.6 Å². The van der Waals surface area contributed by atoms with Gasteiger partial charge in [-0.15, -0.1) is 0 Å². The van der Waals surface area contributed by atoms with Gasteiger partial charge in [-0.3, -0.25) is 0 Å². The molecule has 1 aliphatic rings. The average Bonchev–Trinajstić information content (AvgIpc) is 2.88. The third kappa shape index (κ3) is 3.10. The number of hydrogen-bond donors (Lipinski definition) is 2. The van der Waals surface area contributed by atoms with Crippen molar-refractivity contribution in [3.8, 4) is 0 Å². The van der Waals surface area contributed by atoms with Crippen molar-refractivity contribution in [2.75, 3.05) is 0 Å². The number of aliphatic hydroxyl groups excluding tert-OH is 1. The molecular weight excluding hydrogens is 289 g/mol. The van der Waals surface area contributed by atoms with Gasteiger partial charge in [0.25, 0.3) is 0 Å². The van der Waals surface area contributed by atoms with E-state index >= 15 is 0 Å². The molecule has 1 atom stereocenters. The molecule has 0 saturated carbocycles. The van der Waals surface area contributed by atoms with E-state index in [-0.39, 0.29) is 12.4 Å². The minimum atomic E-state index is -0.359. The molecule has 21 heavy (non-hydrogen) atoms. The minimum Gasteiger partial charge on any atom is -0.392 e. The molecular formula is C17H17ClFNO. The Morgan fingerprint density at radius 1 is 1.24 bits per heavy atom. The molecule has 0 spiro atoms. The predicted molar refractivity (Wildman–Crippen MR) is 81.7 cm³/mol. The molecule has 0 saturated heterocycles. The number of rotatable bonds is 4. The van der Waals surface area contributed by atoms with Crippen LogP contribution in [0.1, 0.15) is 34.7 Å². The predicted octanol–water partition coefficient (Wildman–Crippen LogP) is 3.75. The van der Waals surface area contributed by atoms with Crippen LogP contribution in [0.4, 0.5) is 4.39 Å². The zero-order chi connectivity index (χ0) is 14.8. The Morgan fingerprint density at radius 3 is 2.90 bits per heavy atom. The van der Waals surface area contributed by atoms with Gasteiger partial charge in [-0.25, -0.2) is 4.39 Å². The van der Waals surface area contributed by atoms with Gasteiger partial charge in [-0.1, -0.05) is 23.7 Å². The number of aryl methyl sites for hydroxylation is 1. The van der Waals surface area contributed by atoms with Gasteiger partial charge < -0.3 is 10.4 Å². The lowest BCUT2D eigenvalue weighted by Gasteiger charge is -2.15. The van der Waals surface area contributed by atoms with Gasteiger partial charge in [0.05, 0.1) is 6.61 Å². The number of aliphatic hydroxyl groups is 1. The highest BCUT2D eigenvalue weighted by Crippen LogP contribution is 2.33. The Bertz CT molecular complexity index is 659. The number of fused-ring (bicyclic) bond motifs is 1. The summed E-state index contributed by atoms with van der Waals surface area (Å²) in [6.45, 7) is 0.379. The van der Waals surface area contributed by atoms with Crippen molar-refractivity contribution in [3.05, 3.63) is 69.5 Å². The first-order chi connectivity index (χ1) is 10.2. The molecule has 0 fully saturated rings. The molecule has 1 unspecified atom stereocenters. The van der Waals surface area contributed by atoms with Crippen molar-refractivity contribution in [3.63, 3.8) is 0 Å². The Balaban J connectivity index is 1.70. The highest BCUT2D eigenvalue weighted by Gasteiger charge is 2.21. The van der Waals surface area contributed by atoms with Crippen LogP contribution in [0, 0.1) is 5.82 Å². The molecule has 0 aliphatic heterocycles. The number of benzene rings is 2. The molecule has 0 amide bonds. The molecule has 0 aromatic heterocycles. The average molecular weight is 306 g/mol. The van der Waals surface area contributed by atoms with Gasteiger partial charge in [0.1, 0.15) is 5.82 Å². The summed E-state index contributed by atoms with van der Waals surface area (Å²) in [5.41, 5.74) is 3.91. The molecule has 110 valence electrons. The largest absolute Gasteiger partial charge is 0.392 e. The van der Waals surface area contributed by atoms with Crippen molar-refractivity contribution in [1.82, 2.24) is 5.32 Å². The summed E-state index contributed by atoms with van der Waals surface area (Å²) in [6.07, 6.45) is 2.07. The highest BCUT2D eigenvalue weighted by atomic mass is 35.5. The van der Waals surface area contributed by atoms with Crippen LogP contribution < -0.4 is 5.32 Å². The van der Waals surface area contributed by atoms with Crippen molar-refractivity contribution >= 4 is 11.6 Å². The van der Waals surface area contributed by atoms with Gasteiger partial charge >= 0.3 is 0 Å². The van der Waals surface area contributed by atoms with Gasteiger partial charge in [0, 0.05) is 23.2 Å². The molecule has 2 aromatic rings. The van der Waals surface area contributed by atoms with E-state index in [2.05, 4.69) is 11.4 Å². The second-order valence-corrected chi connectivity index (χ2v) is 5.84. The third-order valence-corrected chi connectivity index (χ3v) is 4.25. The lowest BCUT2D eigenvalue weighted by molar-refractivity contribution is 0.275. The summed E-state index contributed by atoms with van der Waals surface area (Å²) in [4.78, 5) is 0. The fourth-order valence-electron chi connectivity index (χ4n) is 2.90. The van der Waals surface area contributed by atoms with Crippen molar-refractivity contribution < 1.29 is 9.50 Å². The van der Waals surface area contributed by atoms with Crippen LogP contribution in [0.5, 0.6) is 0 Å². The fraction of sp³-hybridized carbons (Fsp3) is 0.294. The Labute approximate surface area is 128 Å². The minimum absolute atomic E-state index is 0.273. The van der Waals surface area contributed by atoms with Gasteiger partial charge in [-0.05, 0) is 53.8 Å². The molecule has 2 nitrogen and oxygen atoms in total. The first kappa shape index (κ1) is 14.5. The third-order valence-electron chi connectivity index (χ3n) is 4.02. The van der Waals surface area contributed by atoms with E-state index in [0.717, 1.165) is 23.4 Å². The molecule has 3 rings (SSSR count). The maximum Gasteiger partial charge on any atom is 0.128 e. The van der Waals surface area contributed by atoms with Gasteiger partial charge in [0.2, 0.25) is 0 Å². The zero-order valence-electron chi connectivity index (χ0n) is 11.6. The lowest BCUT2D eigenvalue weighted by atomic mass is 10.1. The SMILES string of the molecule is OCc1cc(CNC2CCc3cc(Cl)ccc32)ccc1F. The molecule has 0 radical (unpaired) electrons. The maximum absolute atomic E-state index is 13.4. The Hall–Kier alpha value is -1.42. The summed E-state index contributed by atoms with van der Waals surface area (Å²) in [6, 6.07) is 11.2. The molecule has 0 heterocycles. The molecule has 2 N–H and O–H groups in total. The number of hydrogen-bond acceptors (Lipinski definition) is 2. The highest BCUT2D eigenvalue weighted by molar-refractivity contribution is 6.30. The van der Waals surface area contributed by atoms with Crippen LogP contribution in [-0.4, -0.2) is 5.11 Å². The second-order valence-electron chi connectivity index (χ2n) is 5.40. The standard InChI is InChI=1S/C17H17ClFNO/c18-14-3-4-15-12(8-14)2-6-17(15)20-9-11-1-5-16(19)13(7-11)10-21/h1,3-5,7-8,17,20-21H,2,6,9-10H2. The van der Waals surface area contributed by atoms with Gasteiger partial charge in [0.15, 0.2) is 0 Å². The van der Waals surface area contributed by atoms with Gasteiger partial charge in [-0.2, -0.15) is 0 Å². The molecule has 0 bridgehead atoms. The summed E-state index contributed by atoms with van der Waals surface area (Å²) in [5.74, 6) is -0.359. The lowest BCUT2D eigenvalue weighted by Crippen LogP contribution is -2.18. The number of halogens is 2. The normalized spacial score (nSPS) is 17.0. The molecule has 1 aliphatic carbocycles. The summed E-state index contributed by atoms with van der Waals surface area (Å²) >= 11 is 6.01. The van der Waals surface area contributed by atoms with Crippen molar-refractivity contribution in [1.29, 1.82) is 0 Å². The van der Waals surface area contributed by atoms with E-state index in [1.54, 1.807) is 12.1 Å². The van der Waals surface area contributed by atoms with Crippen LogP contribution in [0.3, 0.4) is 0 Å². The topological polar surface area (TPSA) is 32.3 Å². The molecule has 4 heteroatoms. The van der Waals surface area contributed by atoms with Crippen LogP contribution in [-0.2, 0) is 19.6 Å². The van der Waals surface area contributed by atoms with Crippen LogP contribution in [0.2, 0.25) is 5.02 Å². The number of nitrogens with one attached hydrogen (secondary N) is 1. The Morgan fingerprint density at radius 2 is 2.10 bits per heavy atom. The molecule has 2 aromatic carbocycles. The van der Waals surface area contributed by atoms with E-state index in [0.29, 0.717) is 18.2 Å². The van der Waals surface area contributed by atoms with Crippen LogP contribution in [0.25, 0.3) is 0 Å². The van der Waals surface area contributed by atoms with E-state index < -0.39 is 0 Å². The van der Waals surface area contributed by atoms with E-state index in [4.69, 9.17) is 16.7 Å². The van der Waals surface area contributed by atoms with Crippen molar-refractivity contribution in [2.24, 2.45) is 0 Å². The van der Waals surface area contributed by atoms with E-state index in [1.165, 1.54) is 17.2 Å². The fourth-order valence-corrected chi connectivity index (χ4v) is 3.09. The summed E-state index contributed by atoms with van der Waals surface area (Å²) in [5, 5.41) is 13.4. The first-order valence-electron chi connectivity index (χ1n) is 7.07. The maximum atomic E-state index is 13.4. The van der Waals surface area contributed by atoms with E-state index in [1.807, 2.05) is 12.1 Å². The smallest absolute Gasteiger partial charge is 0.128 e. The van der Waals surface area contributed by atoms with E-state index in [9.17, 15) is 4.39 Å². The quantitative estimate of drug-likeness (QED) is 0.901. The Kier molecular flexibility index (Phi) is 4.24. The first-order valence-corrected chi connectivity index (χ1v) is 7.45. The van der Waals surface area contributed by atoms with Crippen LogP contribution in [0.15, 0.2) is 36.4 Å².